The second kappa shape index (κ2) is 7.41. The van der Waals surface area contributed by atoms with E-state index >= 15 is 0 Å². The maximum atomic E-state index is 11.8. The standard InChI is InChI=1S/C16H21NO3S/c1-3-20-16(18)12-8-10-17(11-9-12)15(21)13-6-4-5-7-14(13)19-2/h4-7,12H,3,8-11H2,1-2H3. The van der Waals surface area contributed by atoms with Crippen molar-refractivity contribution in [3.8, 4) is 5.75 Å². The summed E-state index contributed by atoms with van der Waals surface area (Å²) in [4.78, 5) is 14.7. The summed E-state index contributed by atoms with van der Waals surface area (Å²) in [6.07, 6.45) is 1.57. The third kappa shape index (κ3) is 3.73. The van der Waals surface area contributed by atoms with Crippen LogP contribution in [0.2, 0.25) is 0 Å². The zero-order valence-corrected chi connectivity index (χ0v) is 13.3. The second-order valence-corrected chi connectivity index (χ2v) is 5.41. The Hall–Kier alpha value is -1.62. The number of ether oxygens (including phenoxy) is 2. The molecule has 21 heavy (non-hydrogen) atoms. The number of para-hydroxylation sites is 1. The van der Waals surface area contributed by atoms with Gasteiger partial charge in [-0.05, 0) is 31.9 Å². The van der Waals surface area contributed by atoms with Crippen molar-refractivity contribution in [2.45, 2.75) is 19.8 Å². The molecule has 0 N–H and O–H groups in total. The van der Waals surface area contributed by atoms with Crippen LogP contribution in [0.5, 0.6) is 5.75 Å². The number of benzene rings is 1. The molecule has 0 spiro atoms. The van der Waals surface area contributed by atoms with E-state index in [1.54, 1.807) is 7.11 Å². The molecular weight excluding hydrogens is 286 g/mol. The number of nitrogens with zero attached hydrogens (tertiary/aromatic N) is 1. The Labute approximate surface area is 131 Å². The second-order valence-electron chi connectivity index (χ2n) is 5.02. The van der Waals surface area contributed by atoms with Crippen LogP contribution >= 0.6 is 12.2 Å². The molecule has 0 saturated carbocycles. The fourth-order valence-corrected chi connectivity index (χ4v) is 2.92. The number of likely N-dealkylation sites (tertiary alicyclic amines) is 1. The van der Waals surface area contributed by atoms with Gasteiger partial charge in [0.05, 0.1) is 25.2 Å². The molecule has 1 fully saturated rings. The Morgan fingerprint density at radius 1 is 1.33 bits per heavy atom. The monoisotopic (exact) mass is 307 g/mol. The minimum atomic E-state index is -0.0830. The lowest BCUT2D eigenvalue weighted by Crippen LogP contribution is -2.40. The van der Waals surface area contributed by atoms with Gasteiger partial charge in [0.25, 0.3) is 0 Å². The molecule has 0 amide bonds. The van der Waals surface area contributed by atoms with Crippen LogP contribution in [0.4, 0.5) is 0 Å². The molecule has 1 aromatic rings. The molecule has 1 aromatic carbocycles. The first-order chi connectivity index (χ1) is 10.2. The first kappa shape index (κ1) is 15.8. The SMILES string of the molecule is CCOC(=O)C1CCN(C(=S)c2ccccc2OC)CC1. The fourth-order valence-electron chi connectivity index (χ4n) is 2.57. The van der Waals surface area contributed by atoms with Gasteiger partial charge in [0.2, 0.25) is 0 Å². The summed E-state index contributed by atoms with van der Waals surface area (Å²) < 4.78 is 10.4. The highest BCUT2D eigenvalue weighted by atomic mass is 32.1. The summed E-state index contributed by atoms with van der Waals surface area (Å²) in [5.74, 6) is 0.706. The van der Waals surface area contributed by atoms with Crippen molar-refractivity contribution in [2.75, 3.05) is 26.8 Å². The molecule has 1 aliphatic rings. The number of hydrogen-bond acceptors (Lipinski definition) is 4. The predicted octanol–water partition coefficient (Wildman–Crippen LogP) is 2.65. The molecular formula is C16H21NO3S. The van der Waals surface area contributed by atoms with Crippen LogP contribution in [0.1, 0.15) is 25.3 Å². The van der Waals surface area contributed by atoms with Crippen LogP contribution in [-0.2, 0) is 9.53 Å². The lowest BCUT2D eigenvalue weighted by molar-refractivity contribution is -0.149. The number of esters is 1. The normalized spacial score (nSPS) is 15.6. The van der Waals surface area contributed by atoms with E-state index in [1.807, 2.05) is 31.2 Å². The number of hydrogen-bond donors (Lipinski definition) is 0. The summed E-state index contributed by atoms with van der Waals surface area (Å²) in [7, 11) is 1.65. The maximum Gasteiger partial charge on any atom is 0.309 e. The van der Waals surface area contributed by atoms with E-state index in [1.165, 1.54) is 0 Å². The van der Waals surface area contributed by atoms with Crippen molar-refractivity contribution in [1.29, 1.82) is 0 Å². The van der Waals surface area contributed by atoms with Gasteiger partial charge in [-0.25, -0.2) is 0 Å². The zero-order chi connectivity index (χ0) is 15.2. The zero-order valence-electron chi connectivity index (χ0n) is 12.5. The largest absolute Gasteiger partial charge is 0.496 e. The van der Waals surface area contributed by atoms with Crippen molar-refractivity contribution < 1.29 is 14.3 Å². The van der Waals surface area contributed by atoms with Gasteiger partial charge in [0, 0.05) is 13.1 Å². The third-order valence-electron chi connectivity index (χ3n) is 3.74. The van der Waals surface area contributed by atoms with Crippen molar-refractivity contribution in [3.63, 3.8) is 0 Å². The summed E-state index contributed by atoms with van der Waals surface area (Å²) in [6.45, 7) is 3.84. The van der Waals surface area contributed by atoms with E-state index in [-0.39, 0.29) is 11.9 Å². The van der Waals surface area contributed by atoms with Crippen LogP contribution in [0.3, 0.4) is 0 Å². The lowest BCUT2D eigenvalue weighted by atomic mass is 9.96. The van der Waals surface area contributed by atoms with E-state index in [2.05, 4.69) is 4.90 Å². The van der Waals surface area contributed by atoms with Crippen molar-refractivity contribution >= 4 is 23.2 Å². The first-order valence-corrected chi connectivity index (χ1v) is 7.67. The Balaban J connectivity index is 1.99. The van der Waals surface area contributed by atoms with E-state index in [0.717, 1.165) is 42.2 Å². The van der Waals surface area contributed by atoms with Crippen LogP contribution in [-0.4, -0.2) is 42.7 Å². The molecule has 0 atom stereocenters. The average molecular weight is 307 g/mol. The minimum Gasteiger partial charge on any atom is -0.496 e. The van der Waals surface area contributed by atoms with Crippen LogP contribution < -0.4 is 4.74 Å². The quantitative estimate of drug-likeness (QED) is 0.631. The lowest BCUT2D eigenvalue weighted by Gasteiger charge is -2.33. The summed E-state index contributed by atoms with van der Waals surface area (Å²) in [5, 5.41) is 0. The summed E-state index contributed by atoms with van der Waals surface area (Å²) in [6, 6.07) is 7.76. The molecule has 0 radical (unpaired) electrons. The number of methoxy groups -OCH3 is 1. The molecule has 0 aliphatic carbocycles. The molecule has 0 unspecified atom stereocenters. The predicted molar refractivity (Wildman–Crippen MR) is 85.6 cm³/mol. The van der Waals surface area contributed by atoms with Crippen LogP contribution in [0, 0.1) is 5.92 Å². The van der Waals surface area contributed by atoms with E-state index in [9.17, 15) is 4.79 Å². The molecule has 4 nitrogen and oxygen atoms in total. The molecule has 2 rings (SSSR count). The minimum absolute atomic E-state index is 0.00155. The fraction of sp³-hybridized carbons (Fsp3) is 0.500. The van der Waals surface area contributed by atoms with Gasteiger partial charge >= 0.3 is 5.97 Å². The van der Waals surface area contributed by atoms with Gasteiger partial charge in [0.1, 0.15) is 10.7 Å². The summed E-state index contributed by atoms with van der Waals surface area (Å²) >= 11 is 5.58. The molecule has 5 heteroatoms. The van der Waals surface area contributed by atoms with Crippen LogP contribution in [0.25, 0.3) is 0 Å². The molecule has 114 valence electrons. The van der Waals surface area contributed by atoms with Crippen molar-refractivity contribution in [3.05, 3.63) is 29.8 Å². The van der Waals surface area contributed by atoms with Gasteiger partial charge in [-0.3, -0.25) is 4.79 Å². The van der Waals surface area contributed by atoms with Gasteiger partial charge in [-0.15, -0.1) is 0 Å². The molecule has 1 heterocycles. The van der Waals surface area contributed by atoms with E-state index < -0.39 is 0 Å². The molecule has 0 aromatic heterocycles. The Morgan fingerprint density at radius 3 is 2.62 bits per heavy atom. The summed E-state index contributed by atoms with van der Waals surface area (Å²) in [5.41, 5.74) is 0.935. The highest BCUT2D eigenvalue weighted by molar-refractivity contribution is 7.80. The highest BCUT2D eigenvalue weighted by Crippen LogP contribution is 2.24. The molecule has 1 aliphatic heterocycles. The van der Waals surface area contributed by atoms with E-state index in [0.29, 0.717) is 6.61 Å². The number of carbonyl (C=O) groups excluding carboxylic acids is 1. The molecule has 1 saturated heterocycles. The van der Waals surface area contributed by atoms with Crippen LogP contribution in [0.15, 0.2) is 24.3 Å². The Morgan fingerprint density at radius 2 is 2.00 bits per heavy atom. The number of piperidine rings is 1. The topological polar surface area (TPSA) is 38.8 Å². The van der Waals surface area contributed by atoms with Crippen molar-refractivity contribution in [2.24, 2.45) is 5.92 Å². The number of carbonyl (C=O) groups is 1. The maximum absolute atomic E-state index is 11.8. The Bertz CT molecular complexity index is 510. The first-order valence-electron chi connectivity index (χ1n) is 7.26. The average Bonchev–Trinajstić information content (AvgIpc) is 2.54. The smallest absolute Gasteiger partial charge is 0.309 e. The van der Waals surface area contributed by atoms with Gasteiger partial charge in [-0.1, -0.05) is 24.4 Å². The Kier molecular flexibility index (Phi) is 5.56. The van der Waals surface area contributed by atoms with E-state index in [4.69, 9.17) is 21.7 Å². The molecule has 0 bridgehead atoms. The third-order valence-corrected chi connectivity index (χ3v) is 4.22. The van der Waals surface area contributed by atoms with Gasteiger partial charge in [-0.2, -0.15) is 0 Å². The number of rotatable bonds is 4. The highest BCUT2D eigenvalue weighted by Gasteiger charge is 2.27. The van der Waals surface area contributed by atoms with Gasteiger partial charge in [0.15, 0.2) is 0 Å². The van der Waals surface area contributed by atoms with Crippen molar-refractivity contribution in [1.82, 2.24) is 4.90 Å². The van der Waals surface area contributed by atoms with Gasteiger partial charge < -0.3 is 14.4 Å². The number of thiocarbonyl (C=S) groups is 1.